The van der Waals surface area contributed by atoms with Crippen LogP contribution < -0.4 is 53.1 Å². The Bertz CT molecular complexity index is 2410. The average Bonchev–Trinajstić information content (AvgIpc) is 4.18. The predicted molar refractivity (Wildman–Crippen MR) is 304 cm³/mol. The second-order valence-electron chi connectivity index (χ2n) is 16.4. The van der Waals surface area contributed by atoms with Crippen LogP contribution >= 0.6 is 31.7 Å². The van der Waals surface area contributed by atoms with Gasteiger partial charge < -0.3 is 54.6 Å². The van der Waals surface area contributed by atoms with Gasteiger partial charge in [-0.15, -0.1) is 0 Å². The van der Waals surface area contributed by atoms with E-state index in [0.717, 1.165) is 38.1 Å². The molecule has 0 aliphatic carbocycles. The SMILES string of the molecule is F[B-](F)(F)F.F[B-](F)(F)F.[Pt+2].c1ccc([PH+](C(=C2NCCO2)[PH+](c2ccccc2)c2ccccc2)c2ccccc2)cc1.c1ccc([PH+](C(=C2NCCO2)[PH+](c2ccccc2)c2ccccc2)c2ccccc2)cc1. The minimum absolute atomic E-state index is 0. The summed E-state index contributed by atoms with van der Waals surface area (Å²) >= 11 is 0. The summed E-state index contributed by atoms with van der Waals surface area (Å²) in [6.45, 7) is 3.15. The third-order valence-electron chi connectivity index (χ3n) is 11.2. The normalized spacial score (nSPS) is 12.8. The van der Waals surface area contributed by atoms with Crippen LogP contribution in [-0.2, 0) is 30.5 Å². The second-order valence-corrected chi connectivity index (χ2v) is 27.0. The van der Waals surface area contributed by atoms with Crippen LogP contribution in [0.5, 0.6) is 0 Å². The van der Waals surface area contributed by atoms with Gasteiger partial charge in [-0.05, 0) is 97.1 Å². The van der Waals surface area contributed by atoms with Gasteiger partial charge in [-0.3, -0.25) is 0 Å². The van der Waals surface area contributed by atoms with Crippen LogP contribution in [0, 0.1) is 0 Å². The first kappa shape index (κ1) is 58.7. The maximum absolute atomic E-state index is 9.75. The van der Waals surface area contributed by atoms with E-state index in [1.165, 1.54) is 52.5 Å². The first-order valence-electron chi connectivity index (χ1n) is 23.7. The van der Waals surface area contributed by atoms with Crippen molar-refractivity contribution in [1.82, 2.24) is 10.6 Å². The Morgan fingerprint density at radius 2 is 0.440 bits per heavy atom. The van der Waals surface area contributed by atoms with E-state index in [4.69, 9.17) is 9.47 Å². The molecule has 75 heavy (non-hydrogen) atoms. The summed E-state index contributed by atoms with van der Waals surface area (Å²) in [6.07, 6.45) is 0. The predicted octanol–water partition coefficient (Wildman–Crippen LogP) is 11.5. The molecule has 2 heterocycles. The molecule has 0 aromatic heterocycles. The van der Waals surface area contributed by atoms with Crippen LogP contribution in [0.1, 0.15) is 0 Å². The van der Waals surface area contributed by atoms with Crippen molar-refractivity contribution in [2.24, 2.45) is 0 Å². The van der Waals surface area contributed by atoms with Crippen molar-refractivity contribution >= 4 is 88.6 Å². The molecule has 19 heteroatoms. The minimum atomic E-state index is -6.00. The van der Waals surface area contributed by atoms with E-state index in [0.29, 0.717) is 0 Å². The summed E-state index contributed by atoms with van der Waals surface area (Å²) in [5, 5.41) is 21.2. The number of benzene rings is 8. The van der Waals surface area contributed by atoms with Gasteiger partial charge in [0.15, 0.2) is 0 Å². The molecule has 388 valence electrons. The first-order chi connectivity index (χ1) is 35.8. The number of halogens is 8. The summed E-state index contributed by atoms with van der Waals surface area (Å²) in [5.41, 5.74) is 0. The summed E-state index contributed by atoms with van der Waals surface area (Å²) < 4.78 is 90.6. The van der Waals surface area contributed by atoms with Gasteiger partial charge in [-0.2, -0.15) is 0 Å². The maximum Gasteiger partial charge on any atom is 2.00 e. The fourth-order valence-corrected chi connectivity index (χ4v) is 23.3. The first-order valence-corrected chi connectivity index (χ1v) is 29.7. The van der Waals surface area contributed by atoms with Crippen molar-refractivity contribution in [3.8, 4) is 0 Å². The Balaban J connectivity index is 0.000000204. The summed E-state index contributed by atoms with van der Waals surface area (Å²) in [4.78, 5) is 0. The molecule has 2 aliphatic rings. The average molecular weight is 1280 g/mol. The van der Waals surface area contributed by atoms with Crippen molar-refractivity contribution < 1.29 is 65.1 Å². The molecule has 2 N–H and O–H groups in total. The molecule has 0 unspecified atom stereocenters. The zero-order valence-corrected chi connectivity index (χ0v) is 46.5. The number of ether oxygens (including phenoxy) is 2. The van der Waals surface area contributed by atoms with E-state index >= 15 is 0 Å². The Morgan fingerprint density at radius 1 is 0.293 bits per heavy atom. The topological polar surface area (TPSA) is 42.5 Å². The van der Waals surface area contributed by atoms with E-state index in [-0.39, 0.29) is 21.1 Å². The Morgan fingerprint density at radius 3 is 0.560 bits per heavy atom. The van der Waals surface area contributed by atoms with Gasteiger partial charge in [0.1, 0.15) is 87.3 Å². The molecule has 2 aliphatic heterocycles. The standard InChI is InChI=1S/2C28H25NOP2.2BF4.Pt/c2*1-5-13-23(14-6-1)31(24-15-7-2-8-16-24)28(27-29-21-22-30-27)32(25-17-9-3-10-18-25)26-19-11-4-12-20-26;2*2-1(3,4)5;/h2*1-20,29H,21-22H2;;;/q;;2*-1;+2/p+4. The van der Waals surface area contributed by atoms with Crippen molar-refractivity contribution in [2.45, 2.75) is 0 Å². The Labute approximate surface area is 452 Å². The molecule has 8 aromatic rings. The summed E-state index contributed by atoms with van der Waals surface area (Å²) in [6, 6.07) is 87.9. The second kappa shape index (κ2) is 29.6. The van der Waals surface area contributed by atoms with Crippen LogP contribution in [0.3, 0.4) is 0 Å². The summed E-state index contributed by atoms with van der Waals surface area (Å²) in [7, 11) is -17.1. The maximum atomic E-state index is 9.75. The zero-order valence-electron chi connectivity index (χ0n) is 40.2. The molecule has 4 nitrogen and oxygen atoms in total. The van der Waals surface area contributed by atoms with Crippen molar-refractivity contribution in [3.05, 3.63) is 265 Å². The third-order valence-corrected chi connectivity index (χ3v) is 24.4. The van der Waals surface area contributed by atoms with E-state index in [1.54, 1.807) is 0 Å². The molecule has 0 saturated carbocycles. The van der Waals surface area contributed by atoms with Gasteiger partial charge in [-0.25, -0.2) is 0 Å². The van der Waals surface area contributed by atoms with Gasteiger partial charge in [0.2, 0.25) is 0 Å². The molecule has 0 atom stereocenters. The molecular weight excluding hydrogens is 1230 g/mol. The van der Waals surface area contributed by atoms with Crippen molar-refractivity contribution in [3.63, 3.8) is 0 Å². The minimum Gasteiger partial charge on any atom is -0.472 e. The largest absolute Gasteiger partial charge is 2.00 e. The van der Waals surface area contributed by atoms with Gasteiger partial charge in [0, 0.05) is 0 Å². The van der Waals surface area contributed by atoms with Gasteiger partial charge in [-0.1, -0.05) is 146 Å². The molecule has 0 spiro atoms. The van der Waals surface area contributed by atoms with Crippen molar-refractivity contribution in [2.75, 3.05) is 26.3 Å². The molecule has 0 radical (unpaired) electrons. The Kier molecular flexibility index (Phi) is 23.2. The molecular formula is C56H54B2F8N2O2P4Pt+4. The van der Waals surface area contributed by atoms with E-state index in [9.17, 15) is 34.5 Å². The van der Waals surface area contributed by atoms with Crippen LogP contribution in [0.4, 0.5) is 34.5 Å². The third kappa shape index (κ3) is 18.3. The monoisotopic (exact) mass is 1280 g/mol. The molecule has 2 fully saturated rings. The van der Waals surface area contributed by atoms with Gasteiger partial charge in [0.05, 0.1) is 13.1 Å². The van der Waals surface area contributed by atoms with Crippen LogP contribution in [0.2, 0.25) is 0 Å². The van der Waals surface area contributed by atoms with E-state index < -0.39 is 46.2 Å². The number of hydrogen-bond acceptors (Lipinski definition) is 4. The fourth-order valence-electron chi connectivity index (χ4n) is 8.42. The zero-order chi connectivity index (χ0) is 52.2. The van der Waals surface area contributed by atoms with Gasteiger partial charge >= 0.3 is 35.6 Å². The number of hydrogen-bond donors (Lipinski definition) is 2. The van der Waals surface area contributed by atoms with Crippen LogP contribution in [-0.4, -0.2) is 40.8 Å². The molecule has 8 aromatic carbocycles. The molecule has 0 bridgehead atoms. The summed E-state index contributed by atoms with van der Waals surface area (Å²) in [5.74, 6) is 1.99. The number of rotatable bonds is 12. The van der Waals surface area contributed by atoms with E-state index in [1.807, 2.05) is 0 Å². The smallest absolute Gasteiger partial charge is 0.472 e. The quantitative estimate of drug-likeness (QED) is 0.0727. The van der Waals surface area contributed by atoms with Crippen LogP contribution in [0.15, 0.2) is 265 Å². The molecule has 0 amide bonds. The molecule has 10 rings (SSSR count). The van der Waals surface area contributed by atoms with E-state index in [2.05, 4.69) is 253 Å². The number of nitrogens with one attached hydrogen (secondary N) is 2. The van der Waals surface area contributed by atoms with Crippen molar-refractivity contribution in [1.29, 1.82) is 0 Å². The fraction of sp³-hybridized carbons (Fsp3) is 0.0714. The molecule has 2 saturated heterocycles. The van der Waals surface area contributed by atoms with Gasteiger partial charge in [0.25, 0.3) is 21.9 Å². The van der Waals surface area contributed by atoms with Crippen LogP contribution in [0.25, 0.3) is 0 Å². The Hall–Kier alpha value is -5.58.